The number of rotatable bonds is 0. The molecule has 0 aliphatic carbocycles. The van der Waals surface area contributed by atoms with E-state index in [2.05, 4.69) is 15.5 Å². The monoisotopic (exact) mass is 152 g/mol. The summed E-state index contributed by atoms with van der Waals surface area (Å²) in [4.78, 5) is 11.3. The van der Waals surface area contributed by atoms with E-state index in [0.29, 0.717) is 18.2 Å². The molecule has 58 valence electrons. The van der Waals surface area contributed by atoms with Crippen molar-refractivity contribution in [2.45, 2.75) is 13.5 Å². The second kappa shape index (κ2) is 2.05. The van der Waals surface area contributed by atoms with Gasteiger partial charge < -0.3 is 5.32 Å². The molecule has 0 radical (unpaired) electrons. The Balaban J connectivity index is 2.72. The summed E-state index contributed by atoms with van der Waals surface area (Å²) in [6, 6.07) is 0. The second-order valence-corrected chi connectivity index (χ2v) is 2.49. The molecular formula is C6H8N4O. The van der Waals surface area contributed by atoms with Crippen LogP contribution in [0.3, 0.4) is 0 Å². The third-order valence-electron chi connectivity index (χ3n) is 1.72. The molecule has 5 heteroatoms. The lowest BCUT2D eigenvalue weighted by atomic mass is 10.5. The molecule has 1 aromatic heterocycles. The van der Waals surface area contributed by atoms with Crippen LogP contribution in [-0.2, 0) is 6.54 Å². The van der Waals surface area contributed by atoms with Gasteiger partial charge in [-0.3, -0.25) is 9.36 Å². The Bertz CT molecular complexity index is 343. The molecule has 0 spiro atoms. The van der Waals surface area contributed by atoms with Gasteiger partial charge >= 0.3 is 0 Å². The van der Waals surface area contributed by atoms with E-state index < -0.39 is 0 Å². The predicted octanol–water partition coefficient (Wildman–Crippen LogP) is -0.628. The van der Waals surface area contributed by atoms with Crippen LogP contribution in [0.15, 0.2) is 4.79 Å². The summed E-state index contributed by atoms with van der Waals surface area (Å²) in [7, 11) is 0. The minimum absolute atomic E-state index is 0.0417. The Hall–Kier alpha value is -1.39. The molecule has 1 N–H and O–H groups in total. The average molecular weight is 152 g/mol. The Morgan fingerprint density at radius 3 is 3.18 bits per heavy atom. The molecule has 11 heavy (non-hydrogen) atoms. The minimum Gasteiger partial charge on any atom is -0.352 e. The van der Waals surface area contributed by atoms with Crippen LogP contribution in [0.2, 0.25) is 0 Å². The number of nitrogens with zero attached hydrogens (tertiary/aromatic N) is 3. The van der Waals surface area contributed by atoms with Crippen LogP contribution in [0.4, 0.5) is 5.95 Å². The lowest BCUT2D eigenvalue weighted by Crippen LogP contribution is -2.22. The van der Waals surface area contributed by atoms with Gasteiger partial charge in [0.05, 0.1) is 0 Å². The third kappa shape index (κ3) is 0.806. The van der Waals surface area contributed by atoms with E-state index in [4.69, 9.17) is 0 Å². The Kier molecular flexibility index (Phi) is 1.18. The van der Waals surface area contributed by atoms with Gasteiger partial charge in [-0.1, -0.05) is 0 Å². The van der Waals surface area contributed by atoms with Crippen molar-refractivity contribution in [3.8, 4) is 0 Å². The number of aromatic nitrogens is 3. The van der Waals surface area contributed by atoms with Crippen molar-refractivity contribution in [1.82, 2.24) is 14.8 Å². The van der Waals surface area contributed by atoms with Gasteiger partial charge in [0, 0.05) is 13.1 Å². The Morgan fingerprint density at radius 2 is 2.36 bits per heavy atom. The van der Waals surface area contributed by atoms with Crippen molar-refractivity contribution in [2.75, 3.05) is 11.9 Å². The van der Waals surface area contributed by atoms with Crippen molar-refractivity contribution < 1.29 is 0 Å². The molecular weight excluding hydrogens is 144 g/mol. The molecule has 0 unspecified atom stereocenters. The van der Waals surface area contributed by atoms with Gasteiger partial charge in [0.2, 0.25) is 5.95 Å². The minimum atomic E-state index is -0.0417. The van der Waals surface area contributed by atoms with Gasteiger partial charge in [0.15, 0.2) is 0 Å². The molecule has 1 aliphatic rings. The van der Waals surface area contributed by atoms with Crippen LogP contribution in [0, 0.1) is 6.92 Å². The maximum absolute atomic E-state index is 11.3. The van der Waals surface area contributed by atoms with E-state index in [0.717, 1.165) is 6.54 Å². The van der Waals surface area contributed by atoms with Crippen LogP contribution in [0.25, 0.3) is 0 Å². The Morgan fingerprint density at radius 1 is 1.55 bits per heavy atom. The van der Waals surface area contributed by atoms with Crippen LogP contribution in [-0.4, -0.2) is 21.3 Å². The van der Waals surface area contributed by atoms with Crippen LogP contribution in [0.5, 0.6) is 0 Å². The second-order valence-electron chi connectivity index (χ2n) is 2.49. The molecule has 0 bridgehead atoms. The lowest BCUT2D eigenvalue weighted by molar-refractivity contribution is 0.725. The number of aryl methyl sites for hydroxylation is 1. The highest BCUT2D eigenvalue weighted by Gasteiger charge is 2.13. The number of hydrogen-bond acceptors (Lipinski definition) is 4. The van der Waals surface area contributed by atoms with E-state index in [1.165, 1.54) is 0 Å². The highest BCUT2D eigenvalue weighted by Crippen LogP contribution is 2.03. The highest BCUT2D eigenvalue weighted by molar-refractivity contribution is 5.27. The normalized spacial score (nSPS) is 14.3. The van der Waals surface area contributed by atoms with Gasteiger partial charge in [-0.05, 0) is 6.92 Å². The first-order valence-electron chi connectivity index (χ1n) is 3.47. The summed E-state index contributed by atoms with van der Waals surface area (Å²) in [5, 5.41) is 10.5. The van der Waals surface area contributed by atoms with E-state index in [-0.39, 0.29) is 5.56 Å². The largest absolute Gasteiger partial charge is 0.352 e. The molecule has 0 saturated heterocycles. The molecule has 0 atom stereocenters. The standard InChI is InChI=1S/C6H8N4O/c1-4-5(11)10-3-2-7-6(10)9-8-4/h2-3H2,1H3,(H,7,9). The molecule has 0 saturated carbocycles. The van der Waals surface area contributed by atoms with Gasteiger partial charge in [-0.15, -0.1) is 10.2 Å². The molecule has 0 fully saturated rings. The van der Waals surface area contributed by atoms with Crippen molar-refractivity contribution in [3.63, 3.8) is 0 Å². The number of nitrogens with one attached hydrogen (secondary N) is 1. The maximum atomic E-state index is 11.3. The zero-order valence-corrected chi connectivity index (χ0v) is 6.16. The van der Waals surface area contributed by atoms with Crippen molar-refractivity contribution in [1.29, 1.82) is 0 Å². The molecule has 0 amide bonds. The fraction of sp³-hybridized carbons (Fsp3) is 0.500. The maximum Gasteiger partial charge on any atom is 0.276 e. The lowest BCUT2D eigenvalue weighted by Gasteiger charge is -1.98. The molecule has 0 aromatic carbocycles. The van der Waals surface area contributed by atoms with Crippen molar-refractivity contribution >= 4 is 5.95 Å². The zero-order valence-electron chi connectivity index (χ0n) is 6.16. The first-order chi connectivity index (χ1) is 5.29. The van der Waals surface area contributed by atoms with E-state index in [1.807, 2.05) is 0 Å². The van der Waals surface area contributed by atoms with Crippen LogP contribution < -0.4 is 10.9 Å². The van der Waals surface area contributed by atoms with Gasteiger partial charge in [0.25, 0.3) is 5.56 Å². The number of anilines is 1. The summed E-state index contributed by atoms with van der Waals surface area (Å²) in [6.45, 7) is 3.14. The summed E-state index contributed by atoms with van der Waals surface area (Å²) in [6.07, 6.45) is 0. The van der Waals surface area contributed by atoms with Gasteiger partial charge in [-0.2, -0.15) is 0 Å². The third-order valence-corrected chi connectivity index (χ3v) is 1.72. The SMILES string of the molecule is Cc1nnc2n(c1=O)CCN2. The fourth-order valence-corrected chi connectivity index (χ4v) is 1.13. The van der Waals surface area contributed by atoms with Crippen LogP contribution >= 0.6 is 0 Å². The van der Waals surface area contributed by atoms with Gasteiger partial charge in [-0.25, -0.2) is 0 Å². The smallest absolute Gasteiger partial charge is 0.276 e. The molecule has 1 aromatic rings. The highest BCUT2D eigenvalue weighted by atomic mass is 16.1. The summed E-state index contributed by atoms with van der Waals surface area (Å²) in [5.41, 5.74) is 0.414. The first-order valence-corrected chi connectivity index (χ1v) is 3.47. The average Bonchev–Trinajstić information content (AvgIpc) is 2.45. The summed E-state index contributed by atoms with van der Waals surface area (Å²) in [5.74, 6) is 0.584. The molecule has 2 heterocycles. The quantitative estimate of drug-likeness (QED) is 0.537. The van der Waals surface area contributed by atoms with E-state index >= 15 is 0 Å². The molecule has 5 nitrogen and oxygen atoms in total. The van der Waals surface area contributed by atoms with Crippen molar-refractivity contribution in [2.24, 2.45) is 0 Å². The summed E-state index contributed by atoms with van der Waals surface area (Å²) < 4.78 is 1.60. The number of fused-ring (bicyclic) bond motifs is 1. The van der Waals surface area contributed by atoms with Gasteiger partial charge in [0.1, 0.15) is 5.69 Å². The Labute approximate surface area is 63.1 Å². The first kappa shape index (κ1) is 6.33. The predicted molar refractivity (Wildman–Crippen MR) is 39.5 cm³/mol. The fourth-order valence-electron chi connectivity index (χ4n) is 1.13. The number of hydrogen-bond donors (Lipinski definition) is 1. The summed E-state index contributed by atoms with van der Waals surface area (Å²) >= 11 is 0. The zero-order chi connectivity index (χ0) is 7.84. The molecule has 2 rings (SSSR count). The van der Waals surface area contributed by atoms with E-state index in [1.54, 1.807) is 11.5 Å². The van der Waals surface area contributed by atoms with Crippen LogP contribution in [0.1, 0.15) is 5.69 Å². The van der Waals surface area contributed by atoms with Crippen molar-refractivity contribution in [3.05, 3.63) is 16.0 Å². The van der Waals surface area contributed by atoms with E-state index in [9.17, 15) is 4.79 Å². The molecule has 1 aliphatic heterocycles. The topological polar surface area (TPSA) is 59.8 Å².